The van der Waals surface area contributed by atoms with Crippen molar-refractivity contribution in [3.63, 3.8) is 0 Å². The van der Waals surface area contributed by atoms with E-state index < -0.39 is 18.3 Å². The number of carbonyl (C=O) groups excluding carboxylic acids is 1. The maximum Gasteiger partial charge on any atom is 0.334 e. The van der Waals surface area contributed by atoms with Crippen LogP contribution in [0.2, 0.25) is 0 Å². The van der Waals surface area contributed by atoms with Crippen LogP contribution in [-0.2, 0) is 14.3 Å². The highest BCUT2D eigenvalue weighted by Crippen LogP contribution is 2.28. The molecule has 0 saturated carbocycles. The molecule has 0 aromatic rings. The summed E-state index contributed by atoms with van der Waals surface area (Å²) < 4.78 is 11.1. The lowest BCUT2D eigenvalue weighted by atomic mass is 9.99. The highest BCUT2D eigenvalue weighted by atomic mass is 16.5. The number of aliphatic hydroxyl groups excluding tert-OH is 4. The van der Waals surface area contributed by atoms with Crippen LogP contribution >= 0.6 is 0 Å². The van der Waals surface area contributed by atoms with Gasteiger partial charge in [0.05, 0.1) is 36.6 Å². The smallest absolute Gasteiger partial charge is 0.334 e. The number of esters is 1. The van der Waals surface area contributed by atoms with Gasteiger partial charge in [-0.1, -0.05) is 103 Å². The lowest BCUT2D eigenvalue weighted by molar-refractivity contribution is -0.139. The summed E-state index contributed by atoms with van der Waals surface area (Å²) in [5.41, 5.74) is 0.566. The molecular formula is C35H64O7. The number of cyclic esters (lactones) is 1. The van der Waals surface area contributed by atoms with E-state index in [-0.39, 0.29) is 30.4 Å². The van der Waals surface area contributed by atoms with Gasteiger partial charge in [-0.3, -0.25) is 0 Å². The van der Waals surface area contributed by atoms with Crippen molar-refractivity contribution >= 4 is 5.97 Å². The van der Waals surface area contributed by atoms with E-state index in [4.69, 9.17) is 9.47 Å². The van der Waals surface area contributed by atoms with Crippen LogP contribution in [0, 0.1) is 0 Å². The minimum atomic E-state index is -0.551. The van der Waals surface area contributed by atoms with Crippen LogP contribution in [0.3, 0.4) is 0 Å². The zero-order chi connectivity index (χ0) is 30.6. The minimum absolute atomic E-state index is 0.139. The molecule has 7 heteroatoms. The van der Waals surface area contributed by atoms with Crippen LogP contribution in [0.4, 0.5) is 0 Å². The first-order chi connectivity index (χ1) is 20.3. The molecule has 0 aliphatic carbocycles. The molecular weight excluding hydrogens is 532 g/mol. The first-order valence-corrected chi connectivity index (χ1v) is 17.6. The van der Waals surface area contributed by atoms with E-state index in [0.717, 1.165) is 70.6 Å². The third kappa shape index (κ3) is 16.2. The predicted octanol–water partition coefficient (Wildman–Crippen LogP) is 7.06. The molecule has 0 bridgehead atoms. The number of rotatable bonds is 26. The second kappa shape index (κ2) is 22.5. The largest absolute Gasteiger partial charge is 0.455 e. The van der Waals surface area contributed by atoms with Gasteiger partial charge in [-0.15, -0.1) is 0 Å². The SMILES string of the molecule is CCCCCCCCCCCC[C@H](O)[C@H]1CC[C@H]([C@H](O)CCCCC[C@H](O)CCCC[C@@H](O)CC2=C[C@H](C)OC2=O)O1. The molecule has 0 aromatic heterocycles. The lowest BCUT2D eigenvalue weighted by Gasteiger charge is -2.22. The average molecular weight is 597 g/mol. The van der Waals surface area contributed by atoms with Gasteiger partial charge in [0.15, 0.2) is 0 Å². The van der Waals surface area contributed by atoms with Gasteiger partial charge in [0.1, 0.15) is 6.10 Å². The first-order valence-electron chi connectivity index (χ1n) is 17.6. The number of carbonyl (C=O) groups is 1. The third-order valence-corrected chi connectivity index (χ3v) is 9.11. The van der Waals surface area contributed by atoms with E-state index in [1.165, 1.54) is 57.8 Å². The quantitative estimate of drug-likeness (QED) is 0.0624. The second-order valence-electron chi connectivity index (χ2n) is 13.1. The summed E-state index contributed by atoms with van der Waals surface area (Å²) in [6.45, 7) is 4.07. The molecule has 42 heavy (non-hydrogen) atoms. The van der Waals surface area contributed by atoms with E-state index in [2.05, 4.69) is 6.92 Å². The highest BCUT2D eigenvalue weighted by Gasteiger charge is 2.34. The molecule has 2 aliphatic rings. The van der Waals surface area contributed by atoms with Crippen LogP contribution in [0.5, 0.6) is 0 Å². The second-order valence-corrected chi connectivity index (χ2v) is 13.1. The van der Waals surface area contributed by atoms with Gasteiger partial charge in [0.2, 0.25) is 0 Å². The minimum Gasteiger partial charge on any atom is -0.455 e. The van der Waals surface area contributed by atoms with Crippen LogP contribution in [0.25, 0.3) is 0 Å². The summed E-state index contributed by atoms with van der Waals surface area (Å²) in [4.78, 5) is 11.7. The fourth-order valence-electron chi connectivity index (χ4n) is 6.42. The van der Waals surface area contributed by atoms with E-state index in [1.54, 1.807) is 6.08 Å². The zero-order valence-corrected chi connectivity index (χ0v) is 26.9. The van der Waals surface area contributed by atoms with Crippen molar-refractivity contribution < 1.29 is 34.7 Å². The van der Waals surface area contributed by atoms with Gasteiger partial charge in [0, 0.05) is 12.0 Å². The number of hydrogen-bond donors (Lipinski definition) is 4. The fraction of sp³-hybridized carbons (Fsp3) is 0.914. The molecule has 0 aromatic carbocycles. The number of ether oxygens (including phenoxy) is 2. The highest BCUT2D eigenvalue weighted by molar-refractivity contribution is 5.90. The average Bonchev–Trinajstić information content (AvgIpc) is 3.58. The summed E-state index contributed by atoms with van der Waals surface area (Å²) in [7, 11) is 0. The molecule has 7 nitrogen and oxygen atoms in total. The predicted molar refractivity (Wildman–Crippen MR) is 168 cm³/mol. The maximum atomic E-state index is 11.7. The first kappa shape index (κ1) is 37.2. The molecule has 0 radical (unpaired) electrons. The van der Waals surface area contributed by atoms with Gasteiger partial charge >= 0.3 is 5.97 Å². The third-order valence-electron chi connectivity index (χ3n) is 9.11. The summed E-state index contributed by atoms with van der Waals surface area (Å²) >= 11 is 0. The van der Waals surface area contributed by atoms with Gasteiger partial charge in [0.25, 0.3) is 0 Å². The van der Waals surface area contributed by atoms with Crippen molar-refractivity contribution in [1.29, 1.82) is 0 Å². The van der Waals surface area contributed by atoms with Crippen LogP contribution < -0.4 is 0 Å². The Balaban J connectivity index is 1.41. The zero-order valence-electron chi connectivity index (χ0n) is 26.9. The molecule has 4 N–H and O–H groups in total. The normalized spacial score (nSPS) is 23.5. The van der Waals surface area contributed by atoms with Gasteiger partial charge < -0.3 is 29.9 Å². The Kier molecular flexibility index (Phi) is 19.9. The van der Waals surface area contributed by atoms with Crippen molar-refractivity contribution in [2.75, 3.05) is 0 Å². The number of hydrogen-bond acceptors (Lipinski definition) is 7. The Morgan fingerprint density at radius 1 is 0.667 bits per heavy atom. The van der Waals surface area contributed by atoms with Gasteiger partial charge in [-0.25, -0.2) is 4.79 Å². The molecule has 0 unspecified atom stereocenters. The van der Waals surface area contributed by atoms with Crippen LogP contribution in [0.15, 0.2) is 11.6 Å². The monoisotopic (exact) mass is 596 g/mol. The molecule has 2 heterocycles. The fourth-order valence-corrected chi connectivity index (χ4v) is 6.42. The van der Waals surface area contributed by atoms with Crippen molar-refractivity contribution in [2.45, 2.75) is 204 Å². The summed E-state index contributed by atoms with van der Waals surface area (Å²) in [6.07, 6.45) is 22.4. The Morgan fingerprint density at radius 3 is 1.60 bits per heavy atom. The van der Waals surface area contributed by atoms with Crippen LogP contribution in [-0.4, -0.2) is 69.1 Å². The van der Waals surface area contributed by atoms with E-state index in [0.29, 0.717) is 24.8 Å². The van der Waals surface area contributed by atoms with E-state index >= 15 is 0 Å². The number of aliphatic hydroxyl groups is 4. The maximum absolute atomic E-state index is 11.7. The summed E-state index contributed by atoms with van der Waals surface area (Å²) in [6, 6.07) is 0. The molecule has 2 rings (SSSR count). The van der Waals surface area contributed by atoms with Crippen molar-refractivity contribution in [3.05, 3.63) is 11.6 Å². The van der Waals surface area contributed by atoms with Crippen molar-refractivity contribution in [3.8, 4) is 0 Å². The van der Waals surface area contributed by atoms with Crippen molar-refractivity contribution in [1.82, 2.24) is 0 Å². The van der Waals surface area contributed by atoms with Crippen molar-refractivity contribution in [2.24, 2.45) is 0 Å². The summed E-state index contributed by atoms with van der Waals surface area (Å²) in [5.74, 6) is -0.321. The summed E-state index contributed by atoms with van der Waals surface area (Å²) in [5, 5.41) is 41.7. The molecule has 1 saturated heterocycles. The molecule has 1 fully saturated rings. The number of unbranched alkanes of at least 4 members (excludes halogenated alkanes) is 12. The van der Waals surface area contributed by atoms with Gasteiger partial charge in [-0.2, -0.15) is 0 Å². The van der Waals surface area contributed by atoms with E-state index in [9.17, 15) is 25.2 Å². The molecule has 7 atom stereocenters. The Hall–Kier alpha value is -0.990. The molecule has 0 spiro atoms. The van der Waals surface area contributed by atoms with Crippen LogP contribution in [0.1, 0.15) is 162 Å². The van der Waals surface area contributed by atoms with E-state index in [1.807, 2.05) is 6.92 Å². The van der Waals surface area contributed by atoms with Gasteiger partial charge in [-0.05, 0) is 57.9 Å². The topological polar surface area (TPSA) is 116 Å². The Labute approximate surface area is 256 Å². The molecule has 2 aliphatic heterocycles. The molecule has 246 valence electrons. The Bertz CT molecular complexity index is 726. The standard InChI is InChI=1S/C35H64O7/c1-3-4-5-6-7-8-9-10-11-14-21-31(38)33-23-24-34(42-33)32(39)22-15-12-13-18-29(36)19-16-17-20-30(37)26-28-25-27(2)41-35(28)40/h25,27,29-34,36-39H,3-24,26H2,1-2H3/t27-,29-,30+,31-,32+,33+,34+/m0/s1. The molecule has 0 amide bonds. The Morgan fingerprint density at radius 2 is 1.10 bits per heavy atom. The lowest BCUT2D eigenvalue weighted by Crippen LogP contribution is -2.31.